The van der Waals surface area contributed by atoms with Crippen LogP contribution in [0.4, 0.5) is 0 Å². The lowest BCUT2D eigenvalue weighted by molar-refractivity contribution is -0.122. The van der Waals surface area contributed by atoms with E-state index < -0.39 is 5.41 Å². The average molecular weight is 220 g/mol. The number of carbonyl (C=O) groups is 2. The first kappa shape index (κ1) is 12.4. The number of hydrogen-bond acceptors (Lipinski definition) is 3. The molecule has 0 spiro atoms. The zero-order valence-electron chi connectivity index (χ0n) is 10.0. The molecule has 0 unspecified atom stereocenters. The van der Waals surface area contributed by atoms with Crippen molar-refractivity contribution in [2.75, 3.05) is 7.11 Å². The third kappa shape index (κ3) is 2.30. The molecule has 0 aliphatic carbocycles. The predicted octanol–water partition coefficient (Wildman–Crippen LogP) is 2.49. The molecule has 1 aromatic rings. The number of hydrogen-bond donors (Lipinski definition) is 0. The van der Waals surface area contributed by atoms with Gasteiger partial charge in [-0.2, -0.15) is 0 Å². The van der Waals surface area contributed by atoms with Crippen molar-refractivity contribution in [3.05, 3.63) is 29.8 Å². The standard InChI is InChI=1S/C13H16O3/c1-9(14)13(2,3)12(15)10-5-7-11(16-4)8-6-10/h5-8H,1-4H3. The summed E-state index contributed by atoms with van der Waals surface area (Å²) in [6.07, 6.45) is 0. The van der Waals surface area contributed by atoms with Crippen LogP contribution in [0.5, 0.6) is 5.75 Å². The normalized spacial score (nSPS) is 11.0. The zero-order valence-corrected chi connectivity index (χ0v) is 10.0. The van der Waals surface area contributed by atoms with Gasteiger partial charge in [0.15, 0.2) is 5.78 Å². The highest BCUT2D eigenvalue weighted by molar-refractivity contribution is 6.13. The Hall–Kier alpha value is -1.64. The Bertz CT molecular complexity index is 402. The Morgan fingerprint density at radius 3 is 2.00 bits per heavy atom. The van der Waals surface area contributed by atoms with Crippen LogP contribution in [0.3, 0.4) is 0 Å². The lowest BCUT2D eigenvalue weighted by Gasteiger charge is -2.19. The highest BCUT2D eigenvalue weighted by Gasteiger charge is 2.33. The quantitative estimate of drug-likeness (QED) is 0.578. The summed E-state index contributed by atoms with van der Waals surface area (Å²) in [6, 6.07) is 6.77. The smallest absolute Gasteiger partial charge is 0.175 e. The summed E-state index contributed by atoms with van der Waals surface area (Å²) >= 11 is 0. The lowest BCUT2D eigenvalue weighted by atomic mass is 9.81. The minimum absolute atomic E-state index is 0.131. The molecule has 3 nitrogen and oxygen atoms in total. The van der Waals surface area contributed by atoms with Crippen LogP contribution in [0.1, 0.15) is 31.1 Å². The van der Waals surface area contributed by atoms with E-state index in [-0.39, 0.29) is 11.6 Å². The van der Waals surface area contributed by atoms with E-state index in [1.807, 2.05) is 0 Å². The van der Waals surface area contributed by atoms with Crippen molar-refractivity contribution in [1.29, 1.82) is 0 Å². The Kier molecular flexibility index (Phi) is 3.48. The summed E-state index contributed by atoms with van der Waals surface area (Å²) < 4.78 is 5.00. The number of benzene rings is 1. The molecule has 0 saturated heterocycles. The van der Waals surface area contributed by atoms with E-state index >= 15 is 0 Å². The molecule has 0 fully saturated rings. The van der Waals surface area contributed by atoms with E-state index in [4.69, 9.17) is 4.74 Å². The molecule has 1 aromatic carbocycles. The van der Waals surface area contributed by atoms with E-state index in [9.17, 15) is 9.59 Å². The molecule has 1 rings (SSSR count). The van der Waals surface area contributed by atoms with Gasteiger partial charge in [-0.3, -0.25) is 9.59 Å². The first-order chi connectivity index (χ1) is 7.39. The van der Waals surface area contributed by atoms with Crippen molar-refractivity contribution in [1.82, 2.24) is 0 Å². The molecule has 0 aliphatic rings. The van der Waals surface area contributed by atoms with Crippen LogP contribution >= 0.6 is 0 Å². The van der Waals surface area contributed by atoms with Crippen LogP contribution in [0.25, 0.3) is 0 Å². The molecule has 0 N–H and O–H groups in total. The fourth-order valence-electron chi connectivity index (χ4n) is 1.26. The summed E-state index contributed by atoms with van der Waals surface area (Å²) in [6.45, 7) is 4.71. The maximum absolute atomic E-state index is 12.0. The van der Waals surface area contributed by atoms with Crippen LogP contribution in [0.15, 0.2) is 24.3 Å². The molecule has 0 radical (unpaired) electrons. The summed E-state index contributed by atoms with van der Waals surface area (Å²) in [5, 5.41) is 0. The van der Waals surface area contributed by atoms with Gasteiger partial charge in [-0.05, 0) is 45.0 Å². The Morgan fingerprint density at radius 1 is 1.12 bits per heavy atom. The molecule has 0 amide bonds. The summed E-state index contributed by atoms with van der Waals surface area (Å²) in [5.74, 6) is 0.396. The van der Waals surface area contributed by atoms with E-state index in [1.54, 1.807) is 45.2 Å². The SMILES string of the molecule is COc1ccc(C(=O)C(C)(C)C(C)=O)cc1. The minimum atomic E-state index is -0.964. The summed E-state index contributed by atoms with van der Waals surface area (Å²) in [5.41, 5.74) is -0.435. The largest absolute Gasteiger partial charge is 0.497 e. The van der Waals surface area contributed by atoms with Crippen molar-refractivity contribution in [3.8, 4) is 5.75 Å². The fourth-order valence-corrected chi connectivity index (χ4v) is 1.26. The van der Waals surface area contributed by atoms with Crippen molar-refractivity contribution < 1.29 is 14.3 Å². The number of carbonyl (C=O) groups excluding carboxylic acids is 2. The van der Waals surface area contributed by atoms with Crippen molar-refractivity contribution in [2.24, 2.45) is 5.41 Å². The molecule has 86 valence electrons. The topological polar surface area (TPSA) is 43.4 Å². The molecular formula is C13H16O3. The number of methoxy groups -OCH3 is 1. The first-order valence-corrected chi connectivity index (χ1v) is 5.09. The molecule has 0 heterocycles. The van der Waals surface area contributed by atoms with Gasteiger partial charge in [0.1, 0.15) is 11.5 Å². The number of ketones is 2. The van der Waals surface area contributed by atoms with Gasteiger partial charge in [-0.25, -0.2) is 0 Å². The van der Waals surface area contributed by atoms with Gasteiger partial charge in [0, 0.05) is 5.56 Å². The van der Waals surface area contributed by atoms with Crippen LogP contribution in [0, 0.1) is 5.41 Å². The Labute approximate surface area is 95.4 Å². The summed E-state index contributed by atoms with van der Waals surface area (Å²) in [4.78, 5) is 23.4. The molecule has 0 aliphatic heterocycles. The number of rotatable bonds is 4. The Morgan fingerprint density at radius 2 is 1.62 bits per heavy atom. The van der Waals surface area contributed by atoms with Crippen molar-refractivity contribution >= 4 is 11.6 Å². The van der Waals surface area contributed by atoms with E-state index in [2.05, 4.69) is 0 Å². The van der Waals surface area contributed by atoms with E-state index in [1.165, 1.54) is 6.92 Å². The van der Waals surface area contributed by atoms with Crippen molar-refractivity contribution in [2.45, 2.75) is 20.8 Å². The maximum atomic E-state index is 12.0. The van der Waals surface area contributed by atoms with Gasteiger partial charge < -0.3 is 4.74 Å². The van der Waals surface area contributed by atoms with Crippen LogP contribution in [-0.4, -0.2) is 18.7 Å². The van der Waals surface area contributed by atoms with Gasteiger partial charge in [0.05, 0.1) is 12.5 Å². The molecule has 0 bridgehead atoms. The number of Topliss-reactive ketones (excluding diaryl/α,β-unsaturated/α-hetero) is 2. The van der Waals surface area contributed by atoms with E-state index in [0.717, 1.165) is 0 Å². The minimum Gasteiger partial charge on any atom is -0.497 e. The second kappa shape index (κ2) is 4.47. The fraction of sp³-hybridized carbons (Fsp3) is 0.385. The van der Waals surface area contributed by atoms with Gasteiger partial charge in [-0.1, -0.05) is 0 Å². The van der Waals surface area contributed by atoms with Gasteiger partial charge in [0.25, 0.3) is 0 Å². The third-order valence-corrected chi connectivity index (χ3v) is 2.80. The monoisotopic (exact) mass is 220 g/mol. The zero-order chi connectivity index (χ0) is 12.3. The van der Waals surface area contributed by atoms with Gasteiger partial charge in [0.2, 0.25) is 0 Å². The Balaban J connectivity index is 3.01. The summed E-state index contributed by atoms with van der Waals surface area (Å²) in [7, 11) is 1.57. The molecule has 3 heteroatoms. The second-order valence-corrected chi connectivity index (χ2v) is 4.24. The molecule has 0 aromatic heterocycles. The average Bonchev–Trinajstić information content (AvgIpc) is 2.28. The highest BCUT2D eigenvalue weighted by atomic mass is 16.5. The molecule has 0 saturated carbocycles. The maximum Gasteiger partial charge on any atom is 0.175 e. The second-order valence-electron chi connectivity index (χ2n) is 4.24. The van der Waals surface area contributed by atoms with Crippen LogP contribution < -0.4 is 4.74 Å². The van der Waals surface area contributed by atoms with Gasteiger partial charge in [-0.15, -0.1) is 0 Å². The van der Waals surface area contributed by atoms with Gasteiger partial charge >= 0.3 is 0 Å². The third-order valence-electron chi connectivity index (χ3n) is 2.80. The lowest BCUT2D eigenvalue weighted by Crippen LogP contribution is -2.31. The van der Waals surface area contributed by atoms with Crippen LogP contribution in [-0.2, 0) is 4.79 Å². The molecule has 16 heavy (non-hydrogen) atoms. The highest BCUT2D eigenvalue weighted by Crippen LogP contribution is 2.24. The molecule has 0 atom stereocenters. The van der Waals surface area contributed by atoms with Crippen molar-refractivity contribution in [3.63, 3.8) is 0 Å². The number of ether oxygens (including phenoxy) is 1. The van der Waals surface area contributed by atoms with Crippen LogP contribution in [0.2, 0.25) is 0 Å². The van der Waals surface area contributed by atoms with E-state index in [0.29, 0.717) is 11.3 Å². The molecular weight excluding hydrogens is 204 g/mol. The predicted molar refractivity (Wildman–Crippen MR) is 61.8 cm³/mol. The first-order valence-electron chi connectivity index (χ1n) is 5.09.